The zero-order valence-corrected chi connectivity index (χ0v) is 18.1. The Morgan fingerprint density at radius 1 is 1.20 bits per heavy atom. The molecule has 0 saturated carbocycles. The minimum absolute atomic E-state index is 0.0867. The second kappa shape index (κ2) is 9.51. The van der Waals surface area contributed by atoms with Gasteiger partial charge < -0.3 is 14.0 Å². The van der Waals surface area contributed by atoms with Crippen LogP contribution in [0.2, 0.25) is 5.02 Å². The van der Waals surface area contributed by atoms with Crippen molar-refractivity contribution in [1.29, 1.82) is 0 Å². The van der Waals surface area contributed by atoms with E-state index in [1.165, 1.54) is 0 Å². The molecule has 0 amide bonds. The number of pyridine rings is 2. The van der Waals surface area contributed by atoms with E-state index in [1.807, 2.05) is 23.6 Å². The van der Waals surface area contributed by atoms with Crippen LogP contribution in [0.5, 0.6) is 0 Å². The first kappa shape index (κ1) is 22.8. The lowest BCUT2D eigenvalue weighted by Gasteiger charge is -2.14. The highest BCUT2D eigenvalue weighted by molar-refractivity contribution is 7.99. The van der Waals surface area contributed by atoms with Crippen molar-refractivity contribution in [2.75, 3.05) is 14.2 Å². The van der Waals surface area contributed by atoms with Crippen LogP contribution in [0.3, 0.4) is 0 Å². The molecule has 162 valence electrons. The van der Waals surface area contributed by atoms with Crippen molar-refractivity contribution >= 4 is 34.5 Å². The van der Waals surface area contributed by atoms with Gasteiger partial charge in [-0.1, -0.05) is 11.6 Å². The van der Waals surface area contributed by atoms with Crippen LogP contribution in [-0.2, 0) is 22.2 Å². The van der Waals surface area contributed by atoms with Crippen LogP contribution in [0, 0.1) is 6.92 Å². The lowest BCUT2D eigenvalue weighted by molar-refractivity contribution is -0.137. The summed E-state index contributed by atoms with van der Waals surface area (Å²) in [5, 5.41) is 0.699. The zero-order valence-electron chi connectivity index (χ0n) is 16.5. The van der Waals surface area contributed by atoms with Gasteiger partial charge in [-0.25, -0.2) is 15.0 Å². The third-order valence-electron chi connectivity index (χ3n) is 4.39. The maximum absolute atomic E-state index is 12.9. The number of ether oxygens (including phenoxy) is 2. The topological polar surface area (TPSA) is 62.1 Å². The van der Waals surface area contributed by atoms with Gasteiger partial charge in [-0.2, -0.15) is 13.2 Å². The minimum Gasteiger partial charge on any atom is -0.356 e. The fourth-order valence-electron chi connectivity index (χ4n) is 2.87. The highest BCUT2D eigenvalue weighted by atomic mass is 35.5. The summed E-state index contributed by atoms with van der Waals surface area (Å²) in [6, 6.07) is 4.67. The number of fused-ring (bicyclic) bond motifs is 1. The van der Waals surface area contributed by atoms with Gasteiger partial charge in [-0.3, -0.25) is 0 Å². The maximum atomic E-state index is 12.9. The predicted octanol–water partition coefficient (Wildman–Crippen LogP) is 5.36. The lowest BCUT2D eigenvalue weighted by atomic mass is 10.3. The Balaban J connectivity index is 1.91. The summed E-state index contributed by atoms with van der Waals surface area (Å²) < 4.78 is 51.0. The summed E-state index contributed by atoms with van der Waals surface area (Å²) >= 11 is 7.18. The average molecular weight is 461 g/mol. The summed E-state index contributed by atoms with van der Waals surface area (Å²) in [6.07, 6.45) is -2.66. The smallest absolute Gasteiger partial charge is 0.356 e. The molecule has 3 rings (SSSR count). The van der Waals surface area contributed by atoms with Crippen LogP contribution in [0.1, 0.15) is 24.1 Å². The number of halogens is 4. The van der Waals surface area contributed by atoms with Crippen molar-refractivity contribution in [3.63, 3.8) is 0 Å². The van der Waals surface area contributed by atoms with Crippen molar-refractivity contribution in [3.8, 4) is 0 Å². The predicted molar refractivity (Wildman–Crippen MR) is 108 cm³/mol. The van der Waals surface area contributed by atoms with Gasteiger partial charge in [0.25, 0.3) is 0 Å². The largest absolute Gasteiger partial charge is 0.417 e. The number of aryl methyl sites for hydroxylation is 2. The Kier molecular flexibility index (Phi) is 7.22. The normalized spacial score (nSPS) is 12.3. The number of nitrogens with zero attached hydrogens (tertiary/aromatic N) is 4. The molecule has 3 heterocycles. The Bertz CT molecular complexity index is 1020. The molecule has 0 bridgehead atoms. The van der Waals surface area contributed by atoms with Gasteiger partial charge in [0.15, 0.2) is 17.1 Å². The van der Waals surface area contributed by atoms with E-state index in [2.05, 4.69) is 15.0 Å². The first-order valence-electron chi connectivity index (χ1n) is 9.03. The number of hydrogen-bond donors (Lipinski definition) is 0. The van der Waals surface area contributed by atoms with Crippen LogP contribution in [-0.4, -0.2) is 40.0 Å². The van der Waals surface area contributed by atoms with E-state index in [4.69, 9.17) is 21.1 Å². The molecule has 6 nitrogen and oxygen atoms in total. The average Bonchev–Trinajstić information content (AvgIpc) is 3.02. The van der Waals surface area contributed by atoms with Crippen molar-refractivity contribution in [1.82, 2.24) is 19.5 Å². The highest BCUT2D eigenvalue weighted by Crippen LogP contribution is 2.37. The second-order valence-electron chi connectivity index (χ2n) is 6.50. The quantitative estimate of drug-likeness (QED) is 0.422. The van der Waals surface area contributed by atoms with Crippen LogP contribution < -0.4 is 0 Å². The Hall–Kier alpha value is -1.88. The van der Waals surface area contributed by atoms with E-state index in [1.54, 1.807) is 14.2 Å². The molecule has 3 aromatic rings. The fraction of sp³-hybridized carbons (Fsp3) is 0.421. The van der Waals surface area contributed by atoms with Gasteiger partial charge in [0.2, 0.25) is 0 Å². The van der Waals surface area contributed by atoms with Crippen LogP contribution in [0.4, 0.5) is 13.2 Å². The van der Waals surface area contributed by atoms with Gasteiger partial charge in [-0.15, -0.1) is 0 Å². The summed E-state index contributed by atoms with van der Waals surface area (Å²) in [5.74, 6) is 0. The second-order valence-corrected chi connectivity index (χ2v) is 7.86. The van der Waals surface area contributed by atoms with E-state index >= 15 is 0 Å². The van der Waals surface area contributed by atoms with Crippen molar-refractivity contribution < 1.29 is 22.6 Å². The molecule has 0 aromatic carbocycles. The third kappa shape index (κ3) is 5.23. The molecule has 0 fully saturated rings. The molecule has 0 aliphatic heterocycles. The number of hydrogen-bond acceptors (Lipinski definition) is 6. The SMILES string of the molecule is COC(CCCn1c(Sc2ncc(C(F)(F)F)cc2Cl)nc2nc(C)ccc21)OC. The fourth-order valence-corrected chi connectivity index (χ4v) is 4.02. The minimum atomic E-state index is -4.51. The number of rotatable bonds is 8. The van der Waals surface area contributed by atoms with Crippen LogP contribution in [0.25, 0.3) is 11.2 Å². The Morgan fingerprint density at radius 3 is 2.57 bits per heavy atom. The van der Waals surface area contributed by atoms with E-state index in [0.29, 0.717) is 23.8 Å². The number of alkyl halides is 3. The maximum Gasteiger partial charge on any atom is 0.417 e. The Labute approximate surface area is 180 Å². The van der Waals surface area contributed by atoms with Gasteiger partial charge in [0, 0.05) is 39.1 Å². The van der Waals surface area contributed by atoms with E-state index in [-0.39, 0.29) is 16.3 Å². The summed E-state index contributed by atoms with van der Waals surface area (Å²) in [4.78, 5) is 12.9. The molecule has 0 N–H and O–H groups in total. The number of methoxy groups -OCH3 is 2. The van der Waals surface area contributed by atoms with Crippen LogP contribution >= 0.6 is 23.4 Å². The summed E-state index contributed by atoms with van der Waals surface area (Å²) in [6.45, 7) is 2.45. The highest BCUT2D eigenvalue weighted by Gasteiger charge is 2.31. The zero-order chi connectivity index (χ0) is 21.9. The molecule has 0 atom stereocenters. The van der Waals surface area contributed by atoms with E-state index < -0.39 is 11.7 Å². The van der Waals surface area contributed by atoms with E-state index in [0.717, 1.165) is 41.7 Å². The summed E-state index contributed by atoms with van der Waals surface area (Å²) in [5.41, 5.74) is 1.29. The molecule has 0 radical (unpaired) electrons. The van der Waals surface area contributed by atoms with Crippen LogP contribution in [0.15, 0.2) is 34.6 Å². The summed E-state index contributed by atoms with van der Waals surface area (Å²) in [7, 11) is 3.15. The molecule has 30 heavy (non-hydrogen) atoms. The molecule has 0 saturated heterocycles. The molecular weight excluding hydrogens is 441 g/mol. The van der Waals surface area contributed by atoms with Gasteiger partial charge in [0.05, 0.1) is 16.1 Å². The molecule has 11 heteroatoms. The van der Waals surface area contributed by atoms with Gasteiger partial charge in [0.1, 0.15) is 5.03 Å². The molecule has 0 aliphatic rings. The van der Waals surface area contributed by atoms with Crippen molar-refractivity contribution in [3.05, 3.63) is 40.7 Å². The lowest BCUT2D eigenvalue weighted by Crippen LogP contribution is -2.14. The first-order valence-corrected chi connectivity index (χ1v) is 10.2. The van der Waals surface area contributed by atoms with Crippen molar-refractivity contribution in [2.24, 2.45) is 0 Å². The van der Waals surface area contributed by atoms with Gasteiger partial charge in [-0.05, 0) is 43.3 Å². The van der Waals surface area contributed by atoms with Crippen molar-refractivity contribution in [2.45, 2.75) is 49.0 Å². The number of aromatic nitrogens is 4. The standard InChI is InChI=1S/C19H20ClF3N4O2S/c1-11-6-7-14-16(25-11)26-18(27(14)8-4-5-15(28-2)29-3)30-17-13(20)9-12(10-24-17)19(21,22)23/h6-7,9-10,15H,4-5,8H2,1-3H3. The molecule has 0 spiro atoms. The molecule has 0 unspecified atom stereocenters. The molecule has 0 aliphatic carbocycles. The first-order chi connectivity index (χ1) is 14.2. The van der Waals surface area contributed by atoms with E-state index in [9.17, 15) is 13.2 Å². The Morgan fingerprint density at radius 2 is 1.93 bits per heavy atom. The number of imidazole rings is 1. The van der Waals surface area contributed by atoms with Gasteiger partial charge >= 0.3 is 6.18 Å². The third-order valence-corrected chi connectivity index (χ3v) is 5.80. The molecular formula is C19H20ClF3N4O2S. The monoisotopic (exact) mass is 460 g/mol. The molecule has 3 aromatic heterocycles.